The second kappa shape index (κ2) is 6.16. The Morgan fingerprint density at radius 3 is 1.82 bits per heavy atom. The van der Waals surface area contributed by atoms with E-state index in [2.05, 4.69) is 22.6 Å². The third kappa shape index (κ3) is 3.68. The van der Waals surface area contributed by atoms with Crippen molar-refractivity contribution in [1.82, 2.24) is 0 Å². The summed E-state index contributed by atoms with van der Waals surface area (Å²) in [5.74, 6) is -0.828. The van der Waals surface area contributed by atoms with E-state index < -0.39 is 5.97 Å². The zero-order valence-corrected chi connectivity index (χ0v) is 9.38. The zero-order chi connectivity index (χ0) is 8.74. The van der Waals surface area contributed by atoms with Crippen molar-refractivity contribution >= 4 is 22.6 Å². The maximum absolute atomic E-state index is 5.09. The second-order valence-corrected chi connectivity index (χ2v) is 3.17. The van der Waals surface area contributed by atoms with E-state index in [1.165, 1.54) is 0 Å². The summed E-state index contributed by atoms with van der Waals surface area (Å²) in [6, 6.07) is 0. The van der Waals surface area contributed by atoms with Crippen LogP contribution in [0.15, 0.2) is 0 Å². The number of alkyl halides is 1. The fourth-order valence-corrected chi connectivity index (χ4v) is 1.22. The molecule has 0 radical (unpaired) electrons. The molecule has 0 N–H and O–H groups in total. The molecule has 0 aliphatic rings. The molecular weight excluding hydrogens is 259 g/mol. The largest absolute Gasteiger partial charge is 0.331 e. The molecule has 0 bridgehead atoms. The van der Waals surface area contributed by atoms with Crippen LogP contribution in [0.2, 0.25) is 0 Å². The van der Waals surface area contributed by atoms with E-state index in [1.807, 2.05) is 0 Å². The average Bonchev–Trinajstić information content (AvgIpc) is 2.08. The van der Waals surface area contributed by atoms with Crippen molar-refractivity contribution < 1.29 is 14.2 Å². The van der Waals surface area contributed by atoms with Gasteiger partial charge in [0.25, 0.3) is 5.97 Å². The van der Waals surface area contributed by atoms with E-state index in [0.717, 1.165) is 17.3 Å². The minimum atomic E-state index is -0.828. The van der Waals surface area contributed by atoms with Gasteiger partial charge in [-0.3, -0.25) is 0 Å². The normalized spacial score (nSPS) is 12.0. The van der Waals surface area contributed by atoms with Crippen molar-refractivity contribution in [3.05, 3.63) is 0 Å². The number of hydrogen-bond donors (Lipinski definition) is 0. The van der Waals surface area contributed by atoms with Crippen molar-refractivity contribution in [2.24, 2.45) is 0 Å². The van der Waals surface area contributed by atoms with E-state index in [1.54, 1.807) is 21.3 Å². The summed E-state index contributed by atoms with van der Waals surface area (Å²) >= 11 is 2.31. The van der Waals surface area contributed by atoms with Gasteiger partial charge in [0.1, 0.15) is 0 Å². The van der Waals surface area contributed by atoms with Gasteiger partial charge in [0, 0.05) is 27.8 Å². The van der Waals surface area contributed by atoms with Gasteiger partial charge in [0.15, 0.2) is 0 Å². The Balaban J connectivity index is 3.84. The molecule has 0 unspecified atom stereocenters. The Kier molecular flexibility index (Phi) is 6.50. The Labute approximate surface area is 81.5 Å². The summed E-state index contributed by atoms with van der Waals surface area (Å²) in [5, 5.41) is 0. The van der Waals surface area contributed by atoms with Gasteiger partial charge in [0.2, 0.25) is 0 Å². The molecule has 0 saturated carbocycles. The van der Waals surface area contributed by atoms with E-state index >= 15 is 0 Å². The summed E-state index contributed by atoms with van der Waals surface area (Å²) in [4.78, 5) is 0. The highest BCUT2D eigenvalue weighted by Gasteiger charge is 2.28. The van der Waals surface area contributed by atoms with E-state index in [4.69, 9.17) is 14.2 Å². The molecule has 0 spiro atoms. The lowest BCUT2D eigenvalue weighted by Crippen LogP contribution is -2.35. The van der Waals surface area contributed by atoms with Crippen LogP contribution in [0.5, 0.6) is 0 Å². The molecule has 0 aliphatic heterocycles. The summed E-state index contributed by atoms with van der Waals surface area (Å²) in [6.45, 7) is 0. The van der Waals surface area contributed by atoms with Crippen molar-refractivity contribution in [3.63, 3.8) is 0 Å². The van der Waals surface area contributed by atoms with Crippen molar-refractivity contribution in [2.75, 3.05) is 25.8 Å². The highest BCUT2D eigenvalue weighted by atomic mass is 127. The summed E-state index contributed by atoms with van der Waals surface area (Å²) in [5.41, 5.74) is 0. The number of hydrogen-bond acceptors (Lipinski definition) is 3. The minimum absolute atomic E-state index is 0.763. The van der Waals surface area contributed by atoms with Crippen LogP contribution in [0.25, 0.3) is 0 Å². The summed E-state index contributed by atoms with van der Waals surface area (Å²) in [7, 11) is 4.75. The zero-order valence-electron chi connectivity index (χ0n) is 7.22. The predicted molar refractivity (Wildman–Crippen MR) is 51.9 cm³/mol. The van der Waals surface area contributed by atoms with Crippen LogP contribution < -0.4 is 0 Å². The van der Waals surface area contributed by atoms with Crippen LogP contribution in [0.4, 0.5) is 0 Å². The lowest BCUT2D eigenvalue weighted by Gasteiger charge is -2.28. The molecule has 68 valence electrons. The van der Waals surface area contributed by atoms with Crippen LogP contribution in [0.1, 0.15) is 12.8 Å². The fourth-order valence-electron chi connectivity index (χ4n) is 0.840. The maximum Gasteiger partial charge on any atom is 0.282 e. The number of methoxy groups -OCH3 is 3. The Morgan fingerprint density at radius 1 is 1.09 bits per heavy atom. The van der Waals surface area contributed by atoms with Gasteiger partial charge in [-0.2, -0.15) is 0 Å². The molecule has 0 amide bonds. The fraction of sp³-hybridized carbons (Fsp3) is 1.00. The topological polar surface area (TPSA) is 27.7 Å². The molecule has 11 heavy (non-hydrogen) atoms. The molecule has 0 rings (SSSR count). The quantitative estimate of drug-likeness (QED) is 0.420. The highest BCUT2D eigenvalue weighted by molar-refractivity contribution is 14.1. The first-order valence-corrected chi connectivity index (χ1v) is 4.98. The van der Waals surface area contributed by atoms with Gasteiger partial charge in [0.05, 0.1) is 0 Å². The smallest absolute Gasteiger partial charge is 0.282 e. The highest BCUT2D eigenvalue weighted by Crippen LogP contribution is 2.19. The van der Waals surface area contributed by atoms with E-state index in [-0.39, 0.29) is 0 Å². The van der Waals surface area contributed by atoms with Gasteiger partial charge in [-0.05, 0) is 10.8 Å². The van der Waals surface area contributed by atoms with Crippen LogP contribution in [0, 0.1) is 0 Å². The van der Waals surface area contributed by atoms with Crippen LogP contribution in [-0.2, 0) is 14.2 Å². The second-order valence-electron chi connectivity index (χ2n) is 2.09. The Bertz CT molecular complexity index is 85.4. The van der Waals surface area contributed by atoms with Crippen LogP contribution in [-0.4, -0.2) is 31.7 Å². The van der Waals surface area contributed by atoms with Gasteiger partial charge in [-0.15, -0.1) is 0 Å². The minimum Gasteiger partial charge on any atom is -0.331 e. The number of ether oxygens (including phenoxy) is 3. The van der Waals surface area contributed by atoms with Gasteiger partial charge in [-0.25, -0.2) is 0 Å². The SMILES string of the molecule is COC(CCCI)(OC)OC. The lowest BCUT2D eigenvalue weighted by molar-refractivity contribution is -0.354. The molecule has 0 heterocycles. The standard InChI is InChI=1S/C7H15IO3/c1-9-7(10-2,11-3)5-4-6-8/h4-6H2,1-3H3. The van der Waals surface area contributed by atoms with Crippen LogP contribution >= 0.6 is 22.6 Å². The molecule has 0 aromatic carbocycles. The monoisotopic (exact) mass is 274 g/mol. The summed E-state index contributed by atoms with van der Waals surface area (Å²) < 4.78 is 16.4. The van der Waals surface area contributed by atoms with Gasteiger partial charge < -0.3 is 14.2 Å². The first-order chi connectivity index (χ1) is 5.24. The maximum atomic E-state index is 5.09. The molecule has 0 aromatic heterocycles. The summed E-state index contributed by atoms with van der Waals surface area (Å²) in [6.07, 6.45) is 1.79. The number of halogens is 1. The third-order valence-corrected chi connectivity index (χ3v) is 2.31. The first kappa shape index (κ1) is 11.6. The molecule has 0 aliphatic carbocycles. The van der Waals surface area contributed by atoms with Gasteiger partial charge >= 0.3 is 0 Å². The van der Waals surface area contributed by atoms with Crippen molar-refractivity contribution in [1.29, 1.82) is 0 Å². The third-order valence-electron chi connectivity index (χ3n) is 1.55. The van der Waals surface area contributed by atoms with Crippen molar-refractivity contribution in [2.45, 2.75) is 18.8 Å². The van der Waals surface area contributed by atoms with Gasteiger partial charge in [-0.1, -0.05) is 22.6 Å². The molecule has 0 aromatic rings. The molecule has 3 nitrogen and oxygen atoms in total. The predicted octanol–water partition coefficient (Wildman–Crippen LogP) is 1.79. The molecule has 4 heteroatoms. The molecule has 0 fully saturated rings. The average molecular weight is 274 g/mol. The van der Waals surface area contributed by atoms with E-state index in [0.29, 0.717) is 0 Å². The van der Waals surface area contributed by atoms with Crippen LogP contribution in [0.3, 0.4) is 0 Å². The Hall–Kier alpha value is 0.610. The lowest BCUT2D eigenvalue weighted by atomic mass is 10.3. The number of rotatable bonds is 6. The molecular formula is C7H15IO3. The van der Waals surface area contributed by atoms with Crippen molar-refractivity contribution in [3.8, 4) is 0 Å². The van der Waals surface area contributed by atoms with E-state index in [9.17, 15) is 0 Å². The first-order valence-electron chi connectivity index (χ1n) is 3.46. The Morgan fingerprint density at radius 2 is 1.55 bits per heavy atom. The molecule has 0 saturated heterocycles. The molecule has 0 atom stereocenters.